The fourth-order valence-electron chi connectivity index (χ4n) is 1.66. The molecule has 0 amide bonds. The van der Waals surface area contributed by atoms with Gasteiger partial charge in [-0.2, -0.15) is 13.1 Å². The van der Waals surface area contributed by atoms with Crippen LogP contribution >= 0.6 is 0 Å². The first-order chi connectivity index (χ1) is 8.56. The van der Waals surface area contributed by atoms with E-state index in [0.717, 1.165) is 5.56 Å². The summed E-state index contributed by atoms with van der Waals surface area (Å²) >= 11 is 0. The van der Waals surface area contributed by atoms with E-state index in [0.29, 0.717) is 5.69 Å². The first-order valence-electron chi connectivity index (χ1n) is 5.32. The maximum Gasteiger partial charge on any atom is 0.275 e. The van der Waals surface area contributed by atoms with E-state index >= 15 is 0 Å². The monoisotopic (exact) mass is 263 g/mol. The van der Waals surface area contributed by atoms with Gasteiger partial charge >= 0.3 is 0 Å². The second-order valence-electron chi connectivity index (χ2n) is 3.76. The molecule has 1 atom stereocenters. The molecular weight excluding hydrogens is 250 g/mol. The van der Waals surface area contributed by atoms with E-state index in [1.165, 1.54) is 0 Å². The van der Waals surface area contributed by atoms with Crippen LogP contribution in [0, 0.1) is 0 Å². The minimum absolute atomic E-state index is 0.581. The Labute approximate surface area is 106 Å². The third-order valence-electron chi connectivity index (χ3n) is 2.40. The second kappa shape index (κ2) is 5.26. The molecule has 0 fully saturated rings. The van der Waals surface area contributed by atoms with Crippen LogP contribution in [0.5, 0.6) is 0 Å². The molecule has 1 unspecified atom stereocenters. The number of hydrogen-bond acceptors (Lipinski definition) is 3. The molecule has 94 valence electrons. The minimum atomic E-state index is -3.81. The second-order valence-corrected chi connectivity index (χ2v) is 5.09. The van der Waals surface area contributed by atoms with Crippen molar-refractivity contribution in [2.45, 2.75) is 6.04 Å². The summed E-state index contributed by atoms with van der Waals surface area (Å²) in [5.41, 5.74) is 1.38. The van der Waals surface area contributed by atoms with Crippen LogP contribution < -0.4 is 9.86 Å². The smallest absolute Gasteiger partial charge is 0.259 e. The summed E-state index contributed by atoms with van der Waals surface area (Å²) in [5, 5.41) is 5.04. The number of benzene rings is 1. The third kappa shape index (κ3) is 3.36. The highest BCUT2D eigenvalue weighted by Crippen LogP contribution is 2.20. The first-order valence-corrected chi connectivity index (χ1v) is 6.87. The Kier molecular flexibility index (Phi) is 3.71. The van der Waals surface area contributed by atoms with Gasteiger partial charge in [0.15, 0.2) is 0 Å². The number of pyridine rings is 1. The van der Waals surface area contributed by atoms with Crippen molar-refractivity contribution in [2.24, 2.45) is 5.14 Å². The molecule has 0 aliphatic heterocycles. The molecule has 0 aliphatic carbocycles. The molecular formula is C12H13N3O2S. The lowest BCUT2D eigenvalue weighted by atomic mass is 10.0. The lowest BCUT2D eigenvalue weighted by molar-refractivity contribution is 0.572. The molecule has 1 heterocycles. The zero-order chi connectivity index (χ0) is 13.0. The van der Waals surface area contributed by atoms with Gasteiger partial charge in [0.25, 0.3) is 10.2 Å². The number of nitrogens with two attached hydrogens (primary N) is 1. The lowest BCUT2D eigenvalue weighted by Gasteiger charge is -2.17. The largest absolute Gasteiger partial charge is 0.275 e. The molecule has 3 N–H and O–H groups in total. The van der Waals surface area contributed by atoms with Gasteiger partial charge in [-0.1, -0.05) is 36.4 Å². The van der Waals surface area contributed by atoms with Crippen molar-refractivity contribution in [3.8, 4) is 0 Å². The van der Waals surface area contributed by atoms with Gasteiger partial charge in [-0.3, -0.25) is 4.98 Å². The van der Waals surface area contributed by atoms with E-state index in [4.69, 9.17) is 5.14 Å². The van der Waals surface area contributed by atoms with Crippen LogP contribution in [0.15, 0.2) is 54.7 Å². The van der Waals surface area contributed by atoms with Crippen LogP contribution in [0.2, 0.25) is 0 Å². The molecule has 0 bridgehead atoms. The molecule has 2 aromatic rings. The average molecular weight is 263 g/mol. The third-order valence-corrected chi connectivity index (χ3v) is 2.96. The molecule has 18 heavy (non-hydrogen) atoms. The highest BCUT2D eigenvalue weighted by atomic mass is 32.2. The van der Waals surface area contributed by atoms with Crippen LogP contribution in [-0.4, -0.2) is 13.4 Å². The van der Waals surface area contributed by atoms with E-state index < -0.39 is 16.3 Å². The Morgan fingerprint density at radius 2 is 1.72 bits per heavy atom. The minimum Gasteiger partial charge on any atom is -0.259 e. The van der Waals surface area contributed by atoms with E-state index in [-0.39, 0.29) is 0 Å². The fraction of sp³-hybridized carbons (Fsp3) is 0.0833. The molecule has 1 aromatic heterocycles. The van der Waals surface area contributed by atoms with Gasteiger partial charge in [-0.25, -0.2) is 5.14 Å². The van der Waals surface area contributed by atoms with Crippen LogP contribution in [0.1, 0.15) is 17.3 Å². The predicted octanol–water partition coefficient (Wildman–Crippen LogP) is 0.964. The van der Waals surface area contributed by atoms with Gasteiger partial charge in [0.1, 0.15) is 0 Å². The van der Waals surface area contributed by atoms with E-state index in [1.807, 2.05) is 30.3 Å². The summed E-state index contributed by atoms with van der Waals surface area (Å²) in [7, 11) is -3.81. The standard InChI is InChI=1S/C12H13N3O2S/c13-18(16,17)15-12(10-6-2-1-3-7-10)11-8-4-5-9-14-11/h1-9,12,15H,(H2,13,16,17). The SMILES string of the molecule is NS(=O)(=O)NC(c1ccccc1)c1ccccn1. The van der Waals surface area contributed by atoms with E-state index in [2.05, 4.69) is 9.71 Å². The Hall–Kier alpha value is -1.76. The number of nitrogens with one attached hydrogen (secondary N) is 1. The van der Waals surface area contributed by atoms with Gasteiger partial charge in [0, 0.05) is 6.20 Å². The fourth-order valence-corrected chi connectivity index (χ4v) is 2.24. The maximum absolute atomic E-state index is 11.2. The summed E-state index contributed by atoms with van der Waals surface area (Å²) in [5.74, 6) is 0. The predicted molar refractivity (Wildman–Crippen MR) is 68.8 cm³/mol. The van der Waals surface area contributed by atoms with Crippen LogP contribution in [0.25, 0.3) is 0 Å². The van der Waals surface area contributed by atoms with Crippen molar-refractivity contribution >= 4 is 10.2 Å². The highest BCUT2D eigenvalue weighted by molar-refractivity contribution is 7.87. The lowest BCUT2D eigenvalue weighted by Crippen LogP contribution is -2.35. The molecule has 0 saturated carbocycles. The van der Waals surface area contributed by atoms with Crippen molar-refractivity contribution in [1.82, 2.24) is 9.71 Å². The normalized spacial score (nSPS) is 13.2. The van der Waals surface area contributed by atoms with Gasteiger partial charge in [0.2, 0.25) is 0 Å². The van der Waals surface area contributed by atoms with Crippen LogP contribution in [0.4, 0.5) is 0 Å². The molecule has 6 heteroatoms. The molecule has 0 spiro atoms. The first kappa shape index (κ1) is 12.7. The summed E-state index contributed by atoms with van der Waals surface area (Å²) in [6.07, 6.45) is 1.61. The van der Waals surface area contributed by atoms with Crippen molar-refractivity contribution in [3.63, 3.8) is 0 Å². The summed E-state index contributed by atoms with van der Waals surface area (Å²) in [6.45, 7) is 0. The topological polar surface area (TPSA) is 85.1 Å². The van der Waals surface area contributed by atoms with Crippen LogP contribution in [0.3, 0.4) is 0 Å². The number of hydrogen-bond donors (Lipinski definition) is 2. The van der Waals surface area contributed by atoms with Crippen molar-refractivity contribution in [2.75, 3.05) is 0 Å². The van der Waals surface area contributed by atoms with E-state index in [1.54, 1.807) is 24.4 Å². The number of rotatable bonds is 4. The Balaban J connectivity index is 2.42. The molecule has 5 nitrogen and oxygen atoms in total. The maximum atomic E-state index is 11.2. The Bertz CT molecular complexity index is 560. The van der Waals surface area contributed by atoms with Gasteiger partial charge < -0.3 is 0 Å². The highest BCUT2D eigenvalue weighted by Gasteiger charge is 2.19. The van der Waals surface area contributed by atoms with E-state index in [9.17, 15) is 8.42 Å². The average Bonchev–Trinajstić information content (AvgIpc) is 2.37. The Morgan fingerprint density at radius 3 is 2.28 bits per heavy atom. The molecule has 1 aromatic carbocycles. The van der Waals surface area contributed by atoms with Crippen molar-refractivity contribution in [3.05, 3.63) is 66.0 Å². The summed E-state index contributed by atoms with van der Waals surface area (Å²) in [4.78, 5) is 4.16. The number of aromatic nitrogens is 1. The zero-order valence-corrected chi connectivity index (χ0v) is 10.3. The van der Waals surface area contributed by atoms with Gasteiger partial charge in [0.05, 0.1) is 11.7 Å². The number of nitrogens with zero attached hydrogens (tertiary/aromatic N) is 1. The molecule has 0 saturated heterocycles. The van der Waals surface area contributed by atoms with Gasteiger partial charge in [-0.05, 0) is 17.7 Å². The van der Waals surface area contributed by atoms with Crippen molar-refractivity contribution < 1.29 is 8.42 Å². The molecule has 0 radical (unpaired) electrons. The van der Waals surface area contributed by atoms with Crippen molar-refractivity contribution in [1.29, 1.82) is 0 Å². The molecule has 0 aliphatic rings. The Morgan fingerprint density at radius 1 is 1.06 bits per heavy atom. The summed E-state index contributed by atoms with van der Waals surface area (Å²) in [6, 6.07) is 13.9. The van der Waals surface area contributed by atoms with Gasteiger partial charge in [-0.15, -0.1) is 0 Å². The van der Waals surface area contributed by atoms with Crippen LogP contribution in [-0.2, 0) is 10.2 Å². The quantitative estimate of drug-likeness (QED) is 0.861. The molecule has 2 rings (SSSR count). The zero-order valence-electron chi connectivity index (χ0n) is 9.52. The summed E-state index contributed by atoms with van der Waals surface area (Å²) < 4.78 is 24.8.